The number of phenols is 1. The van der Waals surface area contributed by atoms with E-state index in [1.165, 1.54) is 5.69 Å². The average molecular weight is 215 g/mol. The lowest BCUT2D eigenvalue weighted by Gasteiger charge is -2.15. The third kappa shape index (κ3) is 1.43. The van der Waals surface area contributed by atoms with Gasteiger partial charge in [0, 0.05) is 6.54 Å². The normalized spacial score (nSPS) is 14.2. The zero-order valence-electron chi connectivity index (χ0n) is 8.85. The number of hydrogen-bond donors (Lipinski definition) is 2. The van der Waals surface area contributed by atoms with Crippen LogP contribution in [0.4, 0.5) is 5.69 Å². The van der Waals surface area contributed by atoms with Gasteiger partial charge in [-0.1, -0.05) is 0 Å². The molecule has 4 nitrogen and oxygen atoms in total. The van der Waals surface area contributed by atoms with Crippen molar-refractivity contribution in [2.75, 3.05) is 11.9 Å². The Bertz CT molecular complexity index is 501. The third-order valence-electron chi connectivity index (χ3n) is 2.87. The standard InChI is InChI=1S/C12H13N3O/c16-10-5-3-9(4-6-10)15-12-2-1-7-13-11(12)8-14-15/h3-6,8,13,16H,1-2,7H2. The molecule has 2 aromatic rings. The van der Waals surface area contributed by atoms with E-state index >= 15 is 0 Å². The Morgan fingerprint density at radius 1 is 1.25 bits per heavy atom. The number of aromatic nitrogens is 2. The minimum atomic E-state index is 0.280. The highest BCUT2D eigenvalue weighted by Gasteiger charge is 2.15. The van der Waals surface area contributed by atoms with Gasteiger partial charge in [-0.25, -0.2) is 4.68 Å². The highest BCUT2D eigenvalue weighted by molar-refractivity contribution is 5.52. The molecule has 3 rings (SSSR count). The number of benzene rings is 1. The Labute approximate surface area is 93.5 Å². The van der Waals surface area contributed by atoms with Gasteiger partial charge in [-0.15, -0.1) is 0 Å². The number of anilines is 1. The highest BCUT2D eigenvalue weighted by atomic mass is 16.3. The molecule has 0 aliphatic carbocycles. The first-order valence-electron chi connectivity index (χ1n) is 5.45. The van der Waals surface area contributed by atoms with Crippen molar-refractivity contribution in [2.45, 2.75) is 12.8 Å². The first kappa shape index (κ1) is 9.27. The van der Waals surface area contributed by atoms with Crippen molar-refractivity contribution in [3.05, 3.63) is 36.2 Å². The fraction of sp³-hybridized carbons (Fsp3) is 0.250. The van der Waals surface area contributed by atoms with Gasteiger partial charge in [-0.05, 0) is 37.1 Å². The summed E-state index contributed by atoms with van der Waals surface area (Å²) in [5, 5.41) is 17.0. The minimum Gasteiger partial charge on any atom is -0.508 e. The van der Waals surface area contributed by atoms with Crippen LogP contribution in [0.15, 0.2) is 30.5 Å². The summed E-state index contributed by atoms with van der Waals surface area (Å²) in [4.78, 5) is 0. The average Bonchev–Trinajstić information content (AvgIpc) is 2.74. The van der Waals surface area contributed by atoms with Gasteiger partial charge in [0.2, 0.25) is 0 Å². The summed E-state index contributed by atoms with van der Waals surface area (Å²) in [5.41, 5.74) is 3.33. The van der Waals surface area contributed by atoms with E-state index in [-0.39, 0.29) is 5.75 Å². The summed E-state index contributed by atoms with van der Waals surface area (Å²) in [5.74, 6) is 0.280. The van der Waals surface area contributed by atoms with Gasteiger partial charge in [-0.2, -0.15) is 5.10 Å². The van der Waals surface area contributed by atoms with Crippen LogP contribution in [-0.4, -0.2) is 21.4 Å². The van der Waals surface area contributed by atoms with E-state index in [1.807, 2.05) is 23.0 Å². The molecule has 82 valence electrons. The van der Waals surface area contributed by atoms with E-state index in [9.17, 15) is 5.11 Å². The van der Waals surface area contributed by atoms with E-state index in [0.717, 1.165) is 30.8 Å². The first-order chi connectivity index (χ1) is 7.84. The number of fused-ring (bicyclic) bond motifs is 1. The molecule has 0 amide bonds. The summed E-state index contributed by atoms with van der Waals surface area (Å²) in [6, 6.07) is 7.10. The van der Waals surface area contributed by atoms with Crippen LogP contribution >= 0.6 is 0 Å². The second kappa shape index (κ2) is 3.56. The molecule has 1 aromatic heterocycles. The molecule has 0 radical (unpaired) electrons. The van der Waals surface area contributed by atoms with Crippen LogP contribution in [0.2, 0.25) is 0 Å². The summed E-state index contributed by atoms with van der Waals surface area (Å²) < 4.78 is 1.93. The van der Waals surface area contributed by atoms with E-state index in [4.69, 9.17) is 0 Å². The molecule has 1 aliphatic rings. The molecule has 0 saturated carbocycles. The zero-order valence-corrected chi connectivity index (χ0v) is 8.85. The highest BCUT2D eigenvalue weighted by Crippen LogP contribution is 2.24. The van der Waals surface area contributed by atoms with Crippen LogP contribution in [0, 0.1) is 0 Å². The van der Waals surface area contributed by atoms with Crippen molar-refractivity contribution in [1.29, 1.82) is 0 Å². The van der Waals surface area contributed by atoms with Gasteiger partial charge in [0.05, 0.1) is 23.3 Å². The van der Waals surface area contributed by atoms with Crippen molar-refractivity contribution in [2.24, 2.45) is 0 Å². The molecule has 1 aliphatic heterocycles. The van der Waals surface area contributed by atoms with Crippen LogP contribution in [0.25, 0.3) is 5.69 Å². The number of rotatable bonds is 1. The number of aromatic hydroxyl groups is 1. The monoisotopic (exact) mass is 215 g/mol. The Kier molecular flexibility index (Phi) is 2.06. The molecule has 0 spiro atoms. The second-order valence-electron chi connectivity index (χ2n) is 3.96. The number of phenolic OH excluding ortho intramolecular Hbond substituents is 1. The summed E-state index contributed by atoms with van der Waals surface area (Å²) in [6.45, 7) is 1.02. The van der Waals surface area contributed by atoms with Gasteiger partial charge >= 0.3 is 0 Å². The topological polar surface area (TPSA) is 50.1 Å². The van der Waals surface area contributed by atoms with Crippen molar-refractivity contribution >= 4 is 5.69 Å². The van der Waals surface area contributed by atoms with Crippen molar-refractivity contribution in [3.63, 3.8) is 0 Å². The predicted octanol–water partition coefficient (Wildman–Crippen LogP) is 1.94. The molecule has 16 heavy (non-hydrogen) atoms. The number of nitrogens with zero attached hydrogens (tertiary/aromatic N) is 2. The van der Waals surface area contributed by atoms with E-state index in [0.29, 0.717) is 0 Å². The van der Waals surface area contributed by atoms with Crippen LogP contribution in [0.5, 0.6) is 5.75 Å². The fourth-order valence-corrected chi connectivity index (χ4v) is 2.06. The van der Waals surface area contributed by atoms with Gasteiger partial charge in [-0.3, -0.25) is 0 Å². The molecule has 0 fully saturated rings. The molecule has 4 heteroatoms. The predicted molar refractivity (Wildman–Crippen MR) is 62.0 cm³/mol. The van der Waals surface area contributed by atoms with Crippen molar-refractivity contribution in [3.8, 4) is 11.4 Å². The maximum absolute atomic E-state index is 9.25. The minimum absolute atomic E-state index is 0.280. The smallest absolute Gasteiger partial charge is 0.115 e. The maximum Gasteiger partial charge on any atom is 0.115 e. The zero-order chi connectivity index (χ0) is 11.0. The SMILES string of the molecule is Oc1ccc(-n2ncc3c2CCCN3)cc1. The summed E-state index contributed by atoms with van der Waals surface area (Å²) in [6.07, 6.45) is 4.04. The van der Waals surface area contributed by atoms with Crippen LogP contribution in [0.3, 0.4) is 0 Å². The van der Waals surface area contributed by atoms with E-state index in [2.05, 4.69) is 10.4 Å². The molecule has 0 saturated heterocycles. The van der Waals surface area contributed by atoms with Gasteiger partial charge in [0.15, 0.2) is 0 Å². The van der Waals surface area contributed by atoms with Crippen LogP contribution in [0.1, 0.15) is 12.1 Å². The molecule has 2 heterocycles. The molecule has 1 aromatic carbocycles. The molecule has 2 N–H and O–H groups in total. The Morgan fingerprint density at radius 3 is 2.88 bits per heavy atom. The Morgan fingerprint density at radius 2 is 2.06 bits per heavy atom. The van der Waals surface area contributed by atoms with Crippen LogP contribution in [-0.2, 0) is 6.42 Å². The lowest BCUT2D eigenvalue weighted by Crippen LogP contribution is -2.13. The Hall–Kier alpha value is -1.97. The molecular formula is C12H13N3O. The second-order valence-corrected chi connectivity index (χ2v) is 3.96. The van der Waals surface area contributed by atoms with Crippen molar-refractivity contribution < 1.29 is 5.11 Å². The van der Waals surface area contributed by atoms with E-state index < -0.39 is 0 Å². The number of hydrogen-bond acceptors (Lipinski definition) is 3. The van der Waals surface area contributed by atoms with Crippen LogP contribution < -0.4 is 5.32 Å². The summed E-state index contributed by atoms with van der Waals surface area (Å²) >= 11 is 0. The molecule has 0 unspecified atom stereocenters. The Balaban J connectivity index is 2.06. The largest absolute Gasteiger partial charge is 0.508 e. The molecular weight excluding hydrogens is 202 g/mol. The van der Waals surface area contributed by atoms with Gasteiger partial charge < -0.3 is 10.4 Å². The fourth-order valence-electron chi connectivity index (χ4n) is 2.06. The number of nitrogens with one attached hydrogen (secondary N) is 1. The van der Waals surface area contributed by atoms with Crippen molar-refractivity contribution in [1.82, 2.24) is 9.78 Å². The maximum atomic E-state index is 9.25. The lowest BCUT2D eigenvalue weighted by atomic mass is 10.1. The first-order valence-corrected chi connectivity index (χ1v) is 5.45. The lowest BCUT2D eigenvalue weighted by molar-refractivity contribution is 0.475. The third-order valence-corrected chi connectivity index (χ3v) is 2.87. The van der Waals surface area contributed by atoms with E-state index in [1.54, 1.807) is 12.1 Å². The van der Waals surface area contributed by atoms with Gasteiger partial charge in [0.1, 0.15) is 5.75 Å². The molecule has 0 atom stereocenters. The van der Waals surface area contributed by atoms with Gasteiger partial charge in [0.25, 0.3) is 0 Å². The molecule has 0 bridgehead atoms. The quantitative estimate of drug-likeness (QED) is 0.764. The summed E-state index contributed by atoms with van der Waals surface area (Å²) in [7, 11) is 0.